The van der Waals surface area contributed by atoms with E-state index in [2.05, 4.69) is 43.6 Å². The average molecular weight is 572 g/mol. The normalized spacial score (nSPS) is 10.2. The topological polar surface area (TPSA) is 24.7 Å². The molecule has 152 valence electrons. The number of hydrogen-bond acceptors (Lipinski definition) is 2. The Morgan fingerprint density at radius 3 is 1.21 bits per heavy atom. The molecule has 0 aromatic heterocycles. The molecule has 0 saturated carbocycles. The number of rotatable bonds is 5. The van der Waals surface area contributed by atoms with Crippen LogP contribution in [0.1, 0.15) is 34.6 Å². The van der Waals surface area contributed by atoms with E-state index in [4.69, 9.17) is 0 Å². The second-order valence-corrected chi connectivity index (χ2v) is 5.59. The summed E-state index contributed by atoms with van der Waals surface area (Å²) in [5, 5.41) is 0. The van der Waals surface area contributed by atoms with Gasteiger partial charge in [0.05, 0.1) is 22.8 Å². The summed E-state index contributed by atoms with van der Waals surface area (Å²) >= 11 is 0. The molecule has 2 aromatic rings. The molecular weight excluding hydrogens is 541 g/mol. The number of aliphatic imine (C=N–C) groups is 2. The van der Waals surface area contributed by atoms with Crippen molar-refractivity contribution in [3.8, 4) is 0 Å². The summed E-state index contributed by atoms with van der Waals surface area (Å²) < 4.78 is 0. The first-order chi connectivity index (χ1) is 11.6. The summed E-state index contributed by atoms with van der Waals surface area (Å²) in [6.45, 7) is 10.3. The first kappa shape index (κ1) is 35.9. The minimum atomic E-state index is 0. The van der Waals surface area contributed by atoms with Gasteiger partial charge in [-0.2, -0.15) is 13.8 Å². The first-order valence-electron chi connectivity index (χ1n) is 8.36. The van der Waals surface area contributed by atoms with Crippen LogP contribution < -0.4 is 0 Å². The van der Waals surface area contributed by atoms with Crippen molar-refractivity contribution in [2.75, 3.05) is 0 Å². The third kappa shape index (κ3) is 16.3. The molecule has 5 heteroatoms. The molecule has 28 heavy (non-hydrogen) atoms. The van der Waals surface area contributed by atoms with Gasteiger partial charge in [0, 0.05) is 81.9 Å². The Hall–Kier alpha value is 0.481. The van der Waals surface area contributed by atoms with Gasteiger partial charge in [-0.25, -0.2) is 0 Å². The van der Waals surface area contributed by atoms with Crippen molar-refractivity contribution in [2.24, 2.45) is 15.9 Å². The van der Waals surface area contributed by atoms with E-state index in [1.54, 1.807) is 0 Å². The van der Waals surface area contributed by atoms with E-state index in [0.717, 1.165) is 22.8 Å². The van der Waals surface area contributed by atoms with Gasteiger partial charge in [0.2, 0.25) is 0 Å². The van der Waals surface area contributed by atoms with E-state index in [-0.39, 0.29) is 89.3 Å². The second-order valence-electron chi connectivity index (χ2n) is 5.59. The van der Waals surface area contributed by atoms with Crippen LogP contribution in [0, 0.1) is 26.2 Å². The van der Waals surface area contributed by atoms with Crippen molar-refractivity contribution in [1.82, 2.24) is 0 Å². The van der Waals surface area contributed by atoms with Gasteiger partial charge in [0.1, 0.15) is 0 Å². The Morgan fingerprint density at radius 2 is 1.00 bits per heavy atom. The molecule has 0 unspecified atom stereocenters. The van der Waals surface area contributed by atoms with Gasteiger partial charge < -0.3 is 26.2 Å². The Balaban J connectivity index is -0.000000255. The van der Waals surface area contributed by atoms with Gasteiger partial charge in [-0.3, -0.25) is 9.98 Å². The van der Waals surface area contributed by atoms with E-state index < -0.39 is 0 Å². The Kier molecular flexibility index (Phi) is 28.4. The summed E-state index contributed by atoms with van der Waals surface area (Å²) in [6.07, 6.45) is 4.33. The van der Waals surface area contributed by atoms with Crippen LogP contribution >= 0.6 is 0 Å². The van der Waals surface area contributed by atoms with Gasteiger partial charge in [0.15, 0.2) is 0 Å². The summed E-state index contributed by atoms with van der Waals surface area (Å²) in [4.78, 5) is 9.08. The maximum Gasteiger partial charge on any atom is 0.0633 e. The maximum atomic E-state index is 4.54. The first-order valence-corrected chi connectivity index (χ1v) is 8.36. The van der Waals surface area contributed by atoms with Crippen molar-refractivity contribution >= 4 is 22.8 Å². The predicted octanol–water partition coefficient (Wildman–Crippen LogP) is 7.09. The van der Waals surface area contributed by atoms with E-state index in [1.807, 2.05) is 74.5 Å². The summed E-state index contributed by atoms with van der Waals surface area (Å²) in [5.41, 5.74) is 3.78. The molecule has 0 amide bonds. The minimum Gasteiger partial charge on any atom is -0.358 e. The number of hydrogen-bond donors (Lipinski definition) is 0. The summed E-state index contributed by atoms with van der Waals surface area (Å²) in [5.74, 6) is 0.685. The van der Waals surface area contributed by atoms with Crippen molar-refractivity contribution in [3.63, 3.8) is 0 Å². The Labute approximate surface area is 233 Å². The van der Waals surface area contributed by atoms with Crippen LogP contribution in [0.2, 0.25) is 0 Å². The third-order valence-corrected chi connectivity index (χ3v) is 3.68. The zero-order chi connectivity index (χ0) is 17.8. The van der Waals surface area contributed by atoms with Crippen LogP contribution in [0.3, 0.4) is 0 Å². The minimum absolute atomic E-state index is 0. The van der Waals surface area contributed by atoms with Gasteiger partial charge >= 0.3 is 0 Å². The summed E-state index contributed by atoms with van der Waals surface area (Å²) in [7, 11) is 0. The van der Waals surface area contributed by atoms with Gasteiger partial charge in [-0.1, -0.05) is 36.4 Å². The molecule has 0 spiro atoms. The molecule has 0 aliphatic carbocycles. The van der Waals surface area contributed by atoms with Crippen LogP contribution in [0.4, 0.5) is 11.4 Å². The fourth-order valence-corrected chi connectivity index (χ4v) is 1.75. The fraction of sp³-hybridized carbons (Fsp3) is 0.261. The fourth-order valence-electron chi connectivity index (χ4n) is 1.75. The van der Waals surface area contributed by atoms with Crippen LogP contribution in [-0.2, 0) is 81.9 Å². The van der Waals surface area contributed by atoms with E-state index in [1.165, 1.54) is 0 Å². The van der Waals surface area contributed by atoms with Gasteiger partial charge in [0.25, 0.3) is 0 Å². The van der Waals surface area contributed by atoms with E-state index in [0.29, 0.717) is 5.92 Å². The molecule has 0 heterocycles. The van der Waals surface area contributed by atoms with Gasteiger partial charge in [-0.05, 0) is 38.1 Å². The molecule has 0 atom stereocenters. The molecule has 0 bridgehead atoms. The van der Waals surface area contributed by atoms with Crippen LogP contribution in [-0.4, -0.2) is 11.4 Å². The van der Waals surface area contributed by atoms with Crippen molar-refractivity contribution in [1.29, 1.82) is 0 Å². The van der Waals surface area contributed by atoms with Gasteiger partial charge in [-0.15, -0.1) is 6.92 Å². The molecule has 0 fully saturated rings. The SMILES string of the molecule is CC(=Nc1ccccc1)C(C)=Nc1ccccc1.C[CH-]C(C)[CH-]C.[CH3-].[Ni].[Y].[Y]. The molecule has 0 aliphatic rings. The molecule has 0 aliphatic heterocycles. The monoisotopic (exact) mass is 571 g/mol. The maximum absolute atomic E-state index is 4.54. The Morgan fingerprint density at radius 1 is 0.714 bits per heavy atom. The van der Waals surface area contributed by atoms with E-state index in [9.17, 15) is 0 Å². The standard InChI is InChI=1S/C16H16N2.C6H12.CH3.Ni.2Y/c1-13(17-15-9-5-3-6-10-15)14(2)18-16-11-7-4-8-12-16;1-4-6(3)5-2;;;;/h3-12H,1-2H3;4-6H,1-3H3;1H3;;;/q;-2;-1;;;. The number of benzene rings is 2. The number of nitrogens with zero attached hydrogens (tertiary/aromatic N) is 2. The van der Waals surface area contributed by atoms with Crippen LogP contribution in [0.5, 0.6) is 0 Å². The second kappa shape index (κ2) is 22.2. The van der Waals surface area contributed by atoms with Crippen LogP contribution in [0.25, 0.3) is 0 Å². The largest absolute Gasteiger partial charge is 0.358 e. The summed E-state index contributed by atoms with van der Waals surface area (Å²) in [6, 6.07) is 19.8. The molecule has 2 rings (SSSR count). The van der Waals surface area contributed by atoms with Crippen molar-refractivity contribution in [3.05, 3.63) is 80.9 Å². The smallest absolute Gasteiger partial charge is 0.0633 e. The molecule has 0 N–H and O–H groups in total. The number of para-hydroxylation sites is 2. The molecule has 2 nitrogen and oxygen atoms in total. The van der Waals surface area contributed by atoms with Crippen molar-refractivity contribution < 1.29 is 81.9 Å². The van der Waals surface area contributed by atoms with E-state index >= 15 is 0 Å². The quantitative estimate of drug-likeness (QED) is 0.208. The van der Waals surface area contributed by atoms with Crippen molar-refractivity contribution in [2.45, 2.75) is 34.6 Å². The molecule has 2 radical (unpaired) electrons. The van der Waals surface area contributed by atoms with Crippen LogP contribution in [0.15, 0.2) is 70.6 Å². The zero-order valence-electron chi connectivity index (χ0n) is 17.9. The molecule has 2 aromatic carbocycles. The molecule has 0 saturated heterocycles. The zero-order valence-corrected chi connectivity index (χ0v) is 24.5. The third-order valence-electron chi connectivity index (χ3n) is 3.68. The Bertz CT molecular complexity index is 587. The molecular formula is C23H31N2NiY2-3. The average Bonchev–Trinajstić information content (AvgIpc) is 2.63. The predicted molar refractivity (Wildman–Crippen MR) is 114 cm³/mol.